The van der Waals surface area contributed by atoms with Crippen LogP contribution in [0.25, 0.3) is 0 Å². The Balaban J connectivity index is 1.54. The first-order valence-corrected chi connectivity index (χ1v) is 8.28. The van der Waals surface area contributed by atoms with E-state index in [-0.39, 0.29) is 0 Å². The minimum Gasteiger partial charge on any atom is -0.490 e. The van der Waals surface area contributed by atoms with E-state index >= 15 is 0 Å². The van der Waals surface area contributed by atoms with Gasteiger partial charge in [-0.25, -0.2) is 0 Å². The first kappa shape index (κ1) is 12.7. The first-order valence-electron chi connectivity index (χ1n) is 8.28. The Morgan fingerprint density at radius 3 is 2.25 bits per heavy atom. The van der Waals surface area contributed by atoms with Crippen LogP contribution in [0, 0.1) is 23.7 Å². The number of hydrogen-bond acceptors (Lipinski definition) is 2. The molecule has 0 unspecified atom stereocenters. The second-order valence-corrected chi connectivity index (χ2v) is 7.16. The molecule has 0 atom stereocenters. The number of para-hydroxylation sites is 1. The van der Waals surface area contributed by atoms with Gasteiger partial charge in [-0.05, 0) is 80.4 Å². The minimum atomic E-state index is 0.474. The third-order valence-corrected chi connectivity index (χ3v) is 5.79. The zero-order chi connectivity index (χ0) is 13.5. The van der Waals surface area contributed by atoms with Gasteiger partial charge in [-0.15, -0.1) is 0 Å². The summed E-state index contributed by atoms with van der Waals surface area (Å²) in [7, 11) is 0. The maximum atomic E-state index is 6.52. The maximum Gasteiger partial charge on any atom is 0.122 e. The average molecular weight is 271 g/mol. The molecule has 20 heavy (non-hydrogen) atoms. The van der Waals surface area contributed by atoms with Crippen molar-refractivity contribution in [2.75, 3.05) is 6.54 Å². The van der Waals surface area contributed by atoms with Gasteiger partial charge in [0.15, 0.2) is 0 Å². The van der Waals surface area contributed by atoms with Gasteiger partial charge in [0, 0.05) is 0 Å². The van der Waals surface area contributed by atoms with Gasteiger partial charge >= 0.3 is 0 Å². The average Bonchev–Trinajstić information content (AvgIpc) is 2.44. The Bertz CT molecular complexity index is 456. The number of hydrogen-bond donors (Lipinski definition) is 1. The van der Waals surface area contributed by atoms with Crippen molar-refractivity contribution in [1.82, 2.24) is 0 Å². The second-order valence-electron chi connectivity index (χ2n) is 7.16. The highest BCUT2D eigenvalue weighted by Gasteiger charge is 2.49. The van der Waals surface area contributed by atoms with Gasteiger partial charge < -0.3 is 10.5 Å². The van der Waals surface area contributed by atoms with Crippen LogP contribution in [-0.4, -0.2) is 12.6 Å². The van der Waals surface area contributed by atoms with Gasteiger partial charge in [0.2, 0.25) is 0 Å². The number of rotatable bonds is 4. The van der Waals surface area contributed by atoms with E-state index in [0.29, 0.717) is 12.6 Å². The van der Waals surface area contributed by atoms with Crippen LogP contribution in [0.3, 0.4) is 0 Å². The van der Waals surface area contributed by atoms with E-state index in [1.807, 2.05) is 0 Å². The molecule has 1 aromatic carbocycles. The summed E-state index contributed by atoms with van der Waals surface area (Å²) in [6.45, 7) is 0.696. The summed E-state index contributed by atoms with van der Waals surface area (Å²) in [6, 6.07) is 8.48. The van der Waals surface area contributed by atoms with Gasteiger partial charge in [-0.2, -0.15) is 0 Å². The molecule has 0 aromatic heterocycles. The molecule has 5 rings (SSSR count). The van der Waals surface area contributed by atoms with Crippen LogP contribution >= 0.6 is 0 Å². The molecule has 2 N–H and O–H groups in total. The smallest absolute Gasteiger partial charge is 0.122 e. The van der Waals surface area contributed by atoms with Crippen molar-refractivity contribution in [2.45, 2.75) is 44.6 Å². The van der Waals surface area contributed by atoms with Gasteiger partial charge in [-0.1, -0.05) is 18.2 Å². The molecule has 4 aliphatic carbocycles. The fraction of sp³-hybridized carbons (Fsp3) is 0.667. The third-order valence-electron chi connectivity index (χ3n) is 5.79. The van der Waals surface area contributed by atoms with Crippen LogP contribution in [0.15, 0.2) is 24.3 Å². The van der Waals surface area contributed by atoms with Crippen molar-refractivity contribution >= 4 is 0 Å². The molecular weight excluding hydrogens is 246 g/mol. The lowest BCUT2D eigenvalue weighted by Gasteiger charge is -2.53. The fourth-order valence-corrected chi connectivity index (χ4v) is 5.20. The molecule has 0 radical (unpaired) electrons. The molecule has 0 aliphatic heterocycles. The second kappa shape index (κ2) is 5.07. The largest absolute Gasteiger partial charge is 0.490 e. The number of ether oxygens (including phenoxy) is 1. The lowest BCUT2D eigenvalue weighted by Crippen LogP contribution is -2.50. The predicted molar refractivity (Wildman–Crippen MR) is 80.7 cm³/mol. The molecule has 108 valence electrons. The van der Waals surface area contributed by atoms with E-state index in [1.165, 1.54) is 37.7 Å². The van der Waals surface area contributed by atoms with Gasteiger partial charge in [0.1, 0.15) is 11.9 Å². The molecule has 4 aliphatic rings. The van der Waals surface area contributed by atoms with Crippen molar-refractivity contribution in [3.05, 3.63) is 29.8 Å². The van der Waals surface area contributed by atoms with E-state index in [0.717, 1.165) is 35.8 Å². The molecule has 0 amide bonds. The molecule has 4 fully saturated rings. The van der Waals surface area contributed by atoms with Crippen molar-refractivity contribution in [3.63, 3.8) is 0 Å². The zero-order valence-electron chi connectivity index (χ0n) is 12.1. The quantitative estimate of drug-likeness (QED) is 0.911. The summed E-state index contributed by atoms with van der Waals surface area (Å²) < 4.78 is 6.52. The van der Waals surface area contributed by atoms with E-state index in [9.17, 15) is 0 Å². The molecule has 4 saturated carbocycles. The predicted octanol–water partition coefficient (Wildman–Crippen LogP) is 3.39. The normalized spacial score (nSPS) is 38.1. The molecular formula is C18H25NO. The highest BCUT2D eigenvalue weighted by atomic mass is 16.5. The maximum absolute atomic E-state index is 6.52. The Hall–Kier alpha value is -1.02. The highest BCUT2D eigenvalue weighted by molar-refractivity contribution is 5.34. The summed E-state index contributed by atoms with van der Waals surface area (Å²) in [6.07, 6.45) is 8.55. The minimum absolute atomic E-state index is 0.474. The molecule has 2 heteroatoms. The van der Waals surface area contributed by atoms with Crippen LogP contribution in [0.1, 0.15) is 37.7 Å². The Kier molecular flexibility index (Phi) is 3.22. The van der Waals surface area contributed by atoms with E-state index in [1.54, 1.807) is 0 Å². The van der Waals surface area contributed by atoms with Gasteiger partial charge in [-0.3, -0.25) is 0 Å². The fourth-order valence-electron chi connectivity index (χ4n) is 5.20. The van der Waals surface area contributed by atoms with Crippen LogP contribution in [0.4, 0.5) is 0 Å². The lowest BCUT2D eigenvalue weighted by molar-refractivity contribution is -0.0792. The summed E-state index contributed by atoms with van der Waals surface area (Å²) in [4.78, 5) is 0. The molecule has 0 spiro atoms. The summed E-state index contributed by atoms with van der Waals surface area (Å²) >= 11 is 0. The van der Waals surface area contributed by atoms with E-state index in [2.05, 4.69) is 24.3 Å². The van der Waals surface area contributed by atoms with E-state index < -0.39 is 0 Å². The van der Waals surface area contributed by atoms with Crippen LogP contribution < -0.4 is 10.5 Å². The van der Waals surface area contributed by atoms with Crippen LogP contribution in [0.2, 0.25) is 0 Å². The van der Waals surface area contributed by atoms with Gasteiger partial charge in [0.05, 0.1) is 0 Å². The van der Waals surface area contributed by atoms with Crippen molar-refractivity contribution in [2.24, 2.45) is 29.4 Å². The number of benzene rings is 1. The molecule has 4 bridgehead atoms. The van der Waals surface area contributed by atoms with Crippen molar-refractivity contribution < 1.29 is 4.74 Å². The Morgan fingerprint density at radius 1 is 0.950 bits per heavy atom. The third kappa shape index (κ3) is 2.14. The molecule has 1 aromatic rings. The molecule has 0 heterocycles. The monoisotopic (exact) mass is 271 g/mol. The van der Waals surface area contributed by atoms with Gasteiger partial charge in [0.25, 0.3) is 0 Å². The Labute approximate surface area is 121 Å². The van der Waals surface area contributed by atoms with Crippen LogP contribution in [-0.2, 0) is 6.42 Å². The summed E-state index contributed by atoms with van der Waals surface area (Å²) in [5.41, 5.74) is 7.00. The summed E-state index contributed by atoms with van der Waals surface area (Å²) in [5, 5.41) is 0. The van der Waals surface area contributed by atoms with Crippen LogP contribution in [0.5, 0.6) is 5.75 Å². The lowest BCUT2D eigenvalue weighted by atomic mass is 9.55. The zero-order valence-corrected chi connectivity index (χ0v) is 12.1. The summed E-state index contributed by atoms with van der Waals surface area (Å²) in [5.74, 6) is 4.75. The molecule has 0 saturated heterocycles. The highest BCUT2D eigenvalue weighted by Crippen LogP contribution is 2.54. The topological polar surface area (TPSA) is 35.2 Å². The van der Waals surface area contributed by atoms with E-state index in [4.69, 9.17) is 10.5 Å². The number of nitrogens with two attached hydrogens (primary N) is 1. The first-order chi connectivity index (χ1) is 9.83. The van der Waals surface area contributed by atoms with Crippen molar-refractivity contribution in [1.29, 1.82) is 0 Å². The molecule has 2 nitrogen and oxygen atoms in total. The van der Waals surface area contributed by atoms with Crippen molar-refractivity contribution in [3.8, 4) is 5.75 Å². The SMILES string of the molecule is NCCc1ccccc1OC1C2CC3CC(C2)CC1C3. The standard InChI is InChI=1S/C18H25NO/c19-6-5-14-3-1-2-4-17(14)20-18-15-8-12-7-13(10-15)11-16(18)9-12/h1-4,12-13,15-16,18H,5-11,19H2. The Morgan fingerprint density at radius 2 is 1.60 bits per heavy atom.